The van der Waals surface area contributed by atoms with Gasteiger partial charge in [-0.1, -0.05) is 48.5 Å². The monoisotopic (exact) mass is 424 g/mol. The van der Waals surface area contributed by atoms with E-state index in [-0.39, 0.29) is 24.8 Å². The van der Waals surface area contributed by atoms with E-state index in [9.17, 15) is 9.59 Å². The number of nitrogens with zero attached hydrogens (tertiary/aromatic N) is 2. The van der Waals surface area contributed by atoms with E-state index in [1.165, 1.54) is 5.56 Å². The minimum absolute atomic E-state index is 0.179. The highest BCUT2D eigenvalue weighted by Gasteiger charge is 2.17. The second-order valence-corrected chi connectivity index (χ2v) is 7.81. The minimum atomic E-state index is -0.267. The lowest BCUT2D eigenvalue weighted by atomic mass is 10.2. The molecule has 166 valence electrons. The molecule has 0 spiro atoms. The summed E-state index contributed by atoms with van der Waals surface area (Å²) in [5.74, 6) is 0.319. The topological polar surface area (TPSA) is 73.9 Å². The number of carbonyl (C=O) groups excluding carboxylic acids is 2. The van der Waals surface area contributed by atoms with E-state index < -0.39 is 0 Å². The second-order valence-electron chi connectivity index (χ2n) is 7.81. The summed E-state index contributed by atoms with van der Waals surface area (Å²) in [5.41, 5.74) is 7.31. The highest BCUT2D eigenvalue weighted by Crippen LogP contribution is 2.16. The van der Waals surface area contributed by atoms with Crippen molar-refractivity contribution in [2.45, 2.75) is 26.3 Å². The summed E-state index contributed by atoms with van der Waals surface area (Å²) >= 11 is 0. The Morgan fingerprint density at radius 3 is 2.16 bits per heavy atom. The standard InChI is InChI=1S/C24H32N4O3/c1-20-7-5-6-10-22(20)31-18-12-24(30)26-25-23(29)11-13-27-14-16-28(17-15-27)19-21-8-3-2-4-9-21/h2-10H,11-19H2,1H3,(H,25,29)(H,26,30). The van der Waals surface area contributed by atoms with Gasteiger partial charge >= 0.3 is 0 Å². The quantitative estimate of drug-likeness (QED) is 0.604. The highest BCUT2D eigenvalue weighted by atomic mass is 16.5. The Balaban J connectivity index is 1.24. The van der Waals surface area contributed by atoms with Crippen LogP contribution in [0, 0.1) is 6.92 Å². The number of hydrazine groups is 1. The Bertz CT molecular complexity index is 836. The average molecular weight is 425 g/mol. The van der Waals surface area contributed by atoms with Crippen molar-refractivity contribution in [3.63, 3.8) is 0 Å². The third-order valence-corrected chi connectivity index (χ3v) is 5.39. The summed E-state index contributed by atoms with van der Waals surface area (Å²) in [6.45, 7) is 7.76. The zero-order valence-corrected chi connectivity index (χ0v) is 18.2. The van der Waals surface area contributed by atoms with Crippen LogP contribution < -0.4 is 15.6 Å². The maximum absolute atomic E-state index is 12.0. The molecule has 2 aromatic carbocycles. The molecule has 0 aromatic heterocycles. The van der Waals surface area contributed by atoms with Crippen molar-refractivity contribution in [1.29, 1.82) is 0 Å². The number of amides is 2. The van der Waals surface area contributed by atoms with Gasteiger partial charge in [-0.15, -0.1) is 0 Å². The first-order chi connectivity index (χ1) is 15.1. The van der Waals surface area contributed by atoms with Crippen LogP contribution in [0.4, 0.5) is 0 Å². The molecule has 0 saturated carbocycles. The van der Waals surface area contributed by atoms with E-state index in [1.54, 1.807) is 0 Å². The third-order valence-electron chi connectivity index (χ3n) is 5.39. The molecule has 1 heterocycles. The van der Waals surface area contributed by atoms with Gasteiger partial charge < -0.3 is 9.64 Å². The SMILES string of the molecule is Cc1ccccc1OCCC(=O)NNC(=O)CCN1CCN(Cc2ccccc2)CC1. The molecule has 1 aliphatic heterocycles. The van der Waals surface area contributed by atoms with Crippen LogP contribution in [0.3, 0.4) is 0 Å². The molecule has 1 aliphatic rings. The van der Waals surface area contributed by atoms with Crippen molar-refractivity contribution < 1.29 is 14.3 Å². The normalized spacial score (nSPS) is 14.7. The van der Waals surface area contributed by atoms with Gasteiger partial charge in [-0.25, -0.2) is 0 Å². The van der Waals surface area contributed by atoms with Crippen LogP contribution in [-0.4, -0.2) is 60.9 Å². The van der Waals surface area contributed by atoms with Gasteiger partial charge in [0.05, 0.1) is 13.0 Å². The van der Waals surface area contributed by atoms with Crippen LogP contribution in [0.2, 0.25) is 0 Å². The molecular formula is C24H32N4O3. The molecule has 7 nitrogen and oxygen atoms in total. The van der Waals surface area contributed by atoms with Gasteiger partial charge in [0.25, 0.3) is 0 Å². The zero-order valence-electron chi connectivity index (χ0n) is 18.2. The molecule has 0 radical (unpaired) electrons. The van der Waals surface area contributed by atoms with Crippen molar-refractivity contribution in [3.8, 4) is 5.75 Å². The predicted molar refractivity (Wildman–Crippen MR) is 120 cm³/mol. The molecule has 3 rings (SSSR count). The molecule has 2 amide bonds. The highest BCUT2D eigenvalue weighted by molar-refractivity contribution is 5.82. The lowest BCUT2D eigenvalue weighted by Crippen LogP contribution is -2.47. The number of ether oxygens (including phenoxy) is 1. The predicted octanol–water partition coefficient (Wildman–Crippen LogP) is 2.12. The van der Waals surface area contributed by atoms with Crippen LogP contribution in [0.1, 0.15) is 24.0 Å². The van der Waals surface area contributed by atoms with Crippen molar-refractivity contribution >= 4 is 11.8 Å². The second kappa shape index (κ2) is 12.1. The molecule has 0 atom stereocenters. The van der Waals surface area contributed by atoms with Gasteiger partial charge in [0, 0.05) is 45.7 Å². The summed E-state index contributed by atoms with van der Waals surface area (Å²) in [7, 11) is 0. The van der Waals surface area contributed by atoms with Crippen molar-refractivity contribution in [1.82, 2.24) is 20.7 Å². The first-order valence-corrected chi connectivity index (χ1v) is 10.8. The van der Waals surface area contributed by atoms with Crippen molar-refractivity contribution in [3.05, 3.63) is 65.7 Å². The van der Waals surface area contributed by atoms with E-state index in [0.29, 0.717) is 13.0 Å². The van der Waals surface area contributed by atoms with Gasteiger partial charge in [0.2, 0.25) is 11.8 Å². The van der Waals surface area contributed by atoms with Gasteiger partial charge in [-0.2, -0.15) is 0 Å². The molecular weight excluding hydrogens is 392 g/mol. The minimum Gasteiger partial charge on any atom is -0.493 e. The average Bonchev–Trinajstić information content (AvgIpc) is 2.79. The fourth-order valence-electron chi connectivity index (χ4n) is 3.51. The number of hydrogen-bond donors (Lipinski definition) is 2. The first kappa shape index (κ1) is 22.8. The van der Waals surface area contributed by atoms with Crippen LogP contribution in [-0.2, 0) is 16.1 Å². The first-order valence-electron chi connectivity index (χ1n) is 10.8. The number of piperazine rings is 1. The fraction of sp³-hybridized carbons (Fsp3) is 0.417. The molecule has 31 heavy (non-hydrogen) atoms. The van der Waals surface area contributed by atoms with E-state index in [1.807, 2.05) is 37.3 Å². The summed E-state index contributed by atoms with van der Waals surface area (Å²) in [6.07, 6.45) is 0.538. The van der Waals surface area contributed by atoms with E-state index in [2.05, 4.69) is 44.9 Å². The molecule has 2 aromatic rings. The Morgan fingerprint density at radius 2 is 1.45 bits per heavy atom. The number of aryl methyl sites for hydroxylation is 1. The van der Waals surface area contributed by atoms with Crippen LogP contribution in [0.5, 0.6) is 5.75 Å². The summed E-state index contributed by atoms with van der Waals surface area (Å²) < 4.78 is 5.60. The number of hydrogen-bond acceptors (Lipinski definition) is 5. The van der Waals surface area contributed by atoms with Gasteiger partial charge in [-0.3, -0.25) is 25.3 Å². The Labute approximate surface area is 184 Å². The zero-order chi connectivity index (χ0) is 21.9. The maximum atomic E-state index is 12.0. The van der Waals surface area contributed by atoms with E-state index in [4.69, 9.17) is 4.74 Å². The van der Waals surface area contributed by atoms with Crippen LogP contribution >= 0.6 is 0 Å². The molecule has 0 aliphatic carbocycles. The lowest BCUT2D eigenvalue weighted by molar-refractivity contribution is -0.129. The van der Waals surface area contributed by atoms with Crippen molar-refractivity contribution in [2.75, 3.05) is 39.3 Å². The molecule has 7 heteroatoms. The summed E-state index contributed by atoms with van der Waals surface area (Å²) in [5, 5.41) is 0. The fourth-order valence-corrected chi connectivity index (χ4v) is 3.51. The number of benzene rings is 2. The Morgan fingerprint density at radius 1 is 0.839 bits per heavy atom. The van der Waals surface area contributed by atoms with Crippen LogP contribution in [0.15, 0.2) is 54.6 Å². The molecule has 1 saturated heterocycles. The molecule has 1 fully saturated rings. The van der Waals surface area contributed by atoms with Gasteiger partial charge in [0.15, 0.2) is 0 Å². The van der Waals surface area contributed by atoms with E-state index >= 15 is 0 Å². The third kappa shape index (κ3) is 8.03. The van der Waals surface area contributed by atoms with Gasteiger partial charge in [-0.05, 0) is 24.1 Å². The Hall–Kier alpha value is -2.90. The van der Waals surface area contributed by atoms with E-state index in [0.717, 1.165) is 44.0 Å². The van der Waals surface area contributed by atoms with Crippen molar-refractivity contribution in [2.24, 2.45) is 0 Å². The molecule has 0 bridgehead atoms. The molecule has 2 N–H and O–H groups in total. The number of nitrogens with one attached hydrogen (secondary N) is 2. The molecule has 0 unspecified atom stereocenters. The number of para-hydroxylation sites is 1. The maximum Gasteiger partial charge on any atom is 0.241 e. The summed E-state index contributed by atoms with van der Waals surface area (Å²) in [4.78, 5) is 28.7. The summed E-state index contributed by atoms with van der Waals surface area (Å²) in [6, 6.07) is 18.1. The lowest BCUT2D eigenvalue weighted by Gasteiger charge is -2.34. The number of carbonyl (C=O) groups is 2. The van der Waals surface area contributed by atoms with Gasteiger partial charge in [0.1, 0.15) is 5.75 Å². The smallest absolute Gasteiger partial charge is 0.241 e. The number of rotatable bonds is 9. The largest absolute Gasteiger partial charge is 0.493 e. The Kier molecular flexibility index (Phi) is 8.87. The van der Waals surface area contributed by atoms with Crippen LogP contribution in [0.25, 0.3) is 0 Å².